The number of hydrogen-bond acceptors (Lipinski definition) is 6. The van der Waals surface area contributed by atoms with Crippen molar-refractivity contribution in [3.05, 3.63) is 95.4 Å². The van der Waals surface area contributed by atoms with E-state index in [1.165, 1.54) is 6.07 Å². The van der Waals surface area contributed by atoms with Crippen molar-refractivity contribution < 1.29 is 35.3 Å². The average molecular weight is 710 g/mol. The molecule has 2 N–H and O–H groups in total. The smallest absolute Gasteiger partial charge is 0.445 e. The molecule has 1 heterocycles. The van der Waals surface area contributed by atoms with E-state index in [2.05, 4.69) is 36.1 Å². The molecule has 0 aliphatic heterocycles. The summed E-state index contributed by atoms with van der Waals surface area (Å²) in [5.74, 6) is 0.358. The number of carbonyl (C=O) groups is 1. The Morgan fingerprint density at radius 2 is 1.62 bits per heavy atom. The van der Waals surface area contributed by atoms with E-state index in [1.807, 2.05) is 54.6 Å². The minimum absolute atomic E-state index is 0.0825. The summed E-state index contributed by atoms with van der Waals surface area (Å²) in [5, 5.41) is 3.00. The van der Waals surface area contributed by atoms with Gasteiger partial charge in [-0.1, -0.05) is 101 Å². The monoisotopic (exact) mass is 709 g/mol. The van der Waals surface area contributed by atoms with Crippen LogP contribution in [-0.4, -0.2) is 30.0 Å². The highest BCUT2D eigenvalue weighted by Gasteiger charge is 2.50. The Morgan fingerprint density at radius 3 is 2.28 bits per heavy atom. The van der Waals surface area contributed by atoms with E-state index >= 15 is 0 Å². The third-order valence-electron chi connectivity index (χ3n) is 10.3. The molecule has 0 saturated heterocycles. The summed E-state index contributed by atoms with van der Waals surface area (Å²) in [6.45, 7) is 6.53. The maximum atomic E-state index is 13.2. The third kappa shape index (κ3) is 7.70. The highest BCUT2D eigenvalue weighted by Crippen LogP contribution is 2.53. The Bertz CT molecular complexity index is 1930. The zero-order valence-electron chi connectivity index (χ0n) is 28.4. The molecule has 1 saturated carbocycles. The number of benzene rings is 3. The summed E-state index contributed by atoms with van der Waals surface area (Å²) in [4.78, 5) is 20.9. The van der Waals surface area contributed by atoms with Gasteiger partial charge in [0.25, 0.3) is 0 Å². The Morgan fingerprint density at radius 1 is 0.960 bits per heavy atom. The van der Waals surface area contributed by atoms with Crippen LogP contribution in [0.3, 0.4) is 0 Å². The molecule has 266 valence electrons. The van der Waals surface area contributed by atoms with Gasteiger partial charge >= 0.3 is 21.7 Å². The quantitative estimate of drug-likeness (QED) is 0.119. The van der Waals surface area contributed by atoms with Crippen LogP contribution in [0.1, 0.15) is 87.9 Å². The first-order chi connectivity index (χ1) is 23.7. The topological polar surface area (TPSA) is 110 Å². The summed E-state index contributed by atoms with van der Waals surface area (Å²) < 4.78 is 73.8. The molecule has 12 heteroatoms. The van der Waals surface area contributed by atoms with Gasteiger partial charge in [0.1, 0.15) is 18.2 Å². The Hall–Kier alpha value is -4.32. The van der Waals surface area contributed by atoms with Crippen molar-refractivity contribution >= 4 is 16.2 Å². The van der Waals surface area contributed by atoms with Gasteiger partial charge in [-0.25, -0.2) is 9.78 Å². The number of H-pyrrole nitrogens is 1. The maximum Gasteiger partial charge on any atom is 0.534 e. The van der Waals surface area contributed by atoms with E-state index < -0.39 is 27.8 Å². The van der Waals surface area contributed by atoms with Crippen molar-refractivity contribution in [2.75, 3.05) is 0 Å². The first kappa shape index (κ1) is 35.5. The Balaban J connectivity index is 1.23. The minimum Gasteiger partial charge on any atom is -0.445 e. The van der Waals surface area contributed by atoms with Gasteiger partial charge in [-0.05, 0) is 76.8 Å². The summed E-state index contributed by atoms with van der Waals surface area (Å²) in [7, 11) is -5.80. The molecule has 0 radical (unpaired) electrons. The second kappa shape index (κ2) is 13.8. The van der Waals surface area contributed by atoms with Crippen LogP contribution in [0.5, 0.6) is 5.75 Å². The number of ether oxygens (including phenoxy) is 1. The van der Waals surface area contributed by atoms with Crippen LogP contribution in [0.15, 0.2) is 72.9 Å². The van der Waals surface area contributed by atoms with E-state index in [0.29, 0.717) is 30.7 Å². The molecule has 1 spiro atoms. The SMILES string of the molecule is CCC(C)(C)C[C@H](NC(=O)OCc1ccccc1)c1ncc(-c2ccc(-c3ccc(OS(=O)(=O)C(F)(F)F)c4c3CC3(CCCC3)C4)cc2)[nH]1. The van der Waals surface area contributed by atoms with Gasteiger partial charge in [0.15, 0.2) is 0 Å². The third-order valence-corrected chi connectivity index (χ3v) is 11.3. The van der Waals surface area contributed by atoms with Gasteiger partial charge in [-0.15, -0.1) is 0 Å². The van der Waals surface area contributed by atoms with Crippen molar-refractivity contribution in [3.8, 4) is 28.1 Å². The van der Waals surface area contributed by atoms with Gasteiger partial charge in [0, 0.05) is 5.56 Å². The molecular formula is C38H42F3N3O5S. The number of fused-ring (bicyclic) bond motifs is 1. The lowest BCUT2D eigenvalue weighted by molar-refractivity contribution is -0.0500. The number of nitrogens with zero attached hydrogens (tertiary/aromatic N) is 1. The number of amides is 1. The fourth-order valence-electron chi connectivity index (χ4n) is 7.18. The lowest BCUT2D eigenvalue weighted by Crippen LogP contribution is -2.33. The Labute approximate surface area is 290 Å². The van der Waals surface area contributed by atoms with Gasteiger partial charge in [0.05, 0.1) is 17.9 Å². The summed E-state index contributed by atoms with van der Waals surface area (Å²) in [5.41, 5.74) is -0.129. The van der Waals surface area contributed by atoms with E-state index in [9.17, 15) is 26.4 Å². The van der Waals surface area contributed by atoms with Crippen LogP contribution in [-0.2, 0) is 34.3 Å². The van der Waals surface area contributed by atoms with Crippen LogP contribution >= 0.6 is 0 Å². The van der Waals surface area contributed by atoms with Gasteiger partial charge in [-0.2, -0.15) is 21.6 Å². The molecule has 1 atom stereocenters. The van der Waals surface area contributed by atoms with Crippen molar-refractivity contribution in [1.29, 1.82) is 0 Å². The number of alkyl halides is 3. The van der Waals surface area contributed by atoms with Gasteiger partial charge in [-0.3, -0.25) is 0 Å². The van der Waals surface area contributed by atoms with Crippen LogP contribution < -0.4 is 9.50 Å². The number of carbonyl (C=O) groups excluding carboxylic acids is 1. The van der Waals surface area contributed by atoms with Crippen molar-refractivity contribution in [2.24, 2.45) is 10.8 Å². The molecule has 50 heavy (non-hydrogen) atoms. The molecule has 1 fully saturated rings. The first-order valence-corrected chi connectivity index (χ1v) is 18.4. The van der Waals surface area contributed by atoms with Crippen LogP contribution in [0, 0.1) is 10.8 Å². The van der Waals surface area contributed by atoms with Crippen molar-refractivity contribution in [3.63, 3.8) is 0 Å². The number of imidazole rings is 1. The van der Waals surface area contributed by atoms with E-state index in [-0.39, 0.29) is 23.2 Å². The number of aromatic nitrogens is 2. The molecule has 2 aliphatic rings. The van der Waals surface area contributed by atoms with Crippen LogP contribution in [0.25, 0.3) is 22.4 Å². The normalized spacial score (nSPS) is 16.3. The number of alkyl carbamates (subject to hydrolysis) is 1. The van der Waals surface area contributed by atoms with Gasteiger partial charge in [0.2, 0.25) is 0 Å². The maximum absolute atomic E-state index is 13.2. The number of nitrogens with one attached hydrogen (secondary N) is 2. The predicted molar refractivity (Wildman–Crippen MR) is 185 cm³/mol. The molecule has 2 aliphatic carbocycles. The number of aromatic amines is 1. The zero-order valence-corrected chi connectivity index (χ0v) is 29.2. The standard InChI is InChI=1S/C38H42F3N3O5S/c1-4-36(2,3)22-31(44-35(45)48-24-25-10-6-5-7-11-25)34-42-23-32(43-34)27-14-12-26(13-15-27)28-16-17-33(49-50(46,47)38(39,40)41)30-21-37(20-29(28)30)18-8-9-19-37/h5-7,10-17,23,31H,4,8-9,18-22,24H2,1-3H3,(H,42,43)(H,44,45)/t31-/m0/s1. The summed E-state index contributed by atoms with van der Waals surface area (Å²) in [6, 6.07) is 19.8. The zero-order chi connectivity index (χ0) is 35.7. The molecule has 0 bridgehead atoms. The van der Waals surface area contributed by atoms with E-state index in [0.717, 1.165) is 65.6 Å². The highest BCUT2D eigenvalue weighted by molar-refractivity contribution is 7.88. The number of rotatable bonds is 11. The highest BCUT2D eigenvalue weighted by atomic mass is 32.2. The lowest BCUT2D eigenvalue weighted by Gasteiger charge is -2.28. The first-order valence-electron chi connectivity index (χ1n) is 17.0. The predicted octanol–water partition coefficient (Wildman–Crippen LogP) is 9.42. The van der Waals surface area contributed by atoms with Crippen LogP contribution in [0.2, 0.25) is 0 Å². The molecule has 3 aromatic carbocycles. The largest absolute Gasteiger partial charge is 0.534 e. The summed E-state index contributed by atoms with van der Waals surface area (Å²) >= 11 is 0. The number of hydrogen-bond donors (Lipinski definition) is 2. The average Bonchev–Trinajstić information content (AvgIpc) is 3.84. The molecule has 4 aromatic rings. The summed E-state index contributed by atoms with van der Waals surface area (Å²) in [6.07, 6.45) is 7.79. The van der Waals surface area contributed by atoms with E-state index in [4.69, 9.17) is 8.92 Å². The second-order valence-electron chi connectivity index (χ2n) is 14.4. The van der Waals surface area contributed by atoms with Crippen molar-refractivity contribution in [2.45, 2.75) is 90.3 Å². The minimum atomic E-state index is -5.80. The fourth-order valence-corrected chi connectivity index (χ4v) is 7.67. The molecule has 0 unspecified atom stereocenters. The van der Waals surface area contributed by atoms with Crippen LogP contribution in [0.4, 0.5) is 18.0 Å². The Kier molecular flexibility index (Phi) is 9.78. The molecule has 1 aromatic heterocycles. The molecular weight excluding hydrogens is 667 g/mol. The number of halogens is 3. The van der Waals surface area contributed by atoms with Crippen molar-refractivity contribution in [1.82, 2.24) is 15.3 Å². The lowest BCUT2D eigenvalue weighted by atomic mass is 9.83. The van der Waals surface area contributed by atoms with Gasteiger partial charge < -0.3 is 19.2 Å². The fraction of sp³-hybridized carbons (Fsp3) is 0.421. The second-order valence-corrected chi connectivity index (χ2v) is 15.9. The van der Waals surface area contributed by atoms with E-state index in [1.54, 1.807) is 12.3 Å². The molecule has 1 amide bonds. The molecule has 8 nitrogen and oxygen atoms in total. The molecule has 6 rings (SSSR count).